The maximum atomic E-state index is 14.3. The molecule has 0 aliphatic heterocycles. The second-order valence-electron chi connectivity index (χ2n) is 11.0. The number of nitro benzene ring substituents is 1. The molecule has 0 aliphatic carbocycles. The van der Waals surface area contributed by atoms with Gasteiger partial charge in [-0.1, -0.05) is 44.2 Å². The van der Waals surface area contributed by atoms with Crippen molar-refractivity contribution < 1.29 is 36.8 Å². The van der Waals surface area contributed by atoms with Crippen LogP contribution in [0.25, 0.3) is 0 Å². The van der Waals surface area contributed by atoms with Crippen LogP contribution in [0.3, 0.4) is 0 Å². The molecule has 14 heteroatoms. The second-order valence-corrected chi connectivity index (χ2v) is 15.1. The molecule has 0 bridgehead atoms. The topological polar surface area (TPSA) is 158 Å². The van der Waals surface area contributed by atoms with E-state index in [-0.39, 0.29) is 49.2 Å². The van der Waals surface area contributed by atoms with Crippen LogP contribution in [0, 0.1) is 16.0 Å². The number of nitrogens with one attached hydrogen (secondary N) is 1. The van der Waals surface area contributed by atoms with Crippen LogP contribution in [0.1, 0.15) is 44.6 Å². The maximum absolute atomic E-state index is 14.3. The minimum Gasteiger partial charge on any atom is -0.497 e. The van der Waals surface area contributed by atoms with E-state index in [1.165, 1.54) is 47.8 Å². The normalized spacial score (nSPS) is 14.3. The Morgan fingerprint density at radius 1 is 0.935 bits per heavy atom. The van der Waals surface area contributed by atoms with Gasteiger partial charge in [-0.3, -0.25) is 20.0 Å². The van der Waals surface area contributed by atoms with Gasteiger partial charge in [0.15, 0.2) is 0 Å². The highest BCUT2D eigenvalue weighted by molar-refractivity contribution is 7.89. The predicted molar refractivity (Wildman–Crippen MR) is 176 cm³/mol. The van der Waals surface area contributed by atoms with E-state index < -0.39 is 40.5 Å². The van der Waals surface area contributed by atoms with Crippen LogP contribution in [-0.2, 0) is 30.1 Å². The van der Waals surface area contributed by atoms with Crippen molar-refractivity contribution in [1.29, 1.82) is 0 Å². The molecule has 1 unspecified atom stereocenters. The summed E-state index contributed by atoms with van der Waals surface area (Å²) in [6, 6.07) is 20.0. The average molecular weight is 678 g/mol. The van der Waals surface area contributed by atoms with Gasteiger partial charge < -0.3 is 18.9 Å². The van der Waals surface area contributed by atoms with Crippen molar-refractivity contribution in [2.24, 2.45) is 5.92 Å². The van der Waals surface area contributed by atoms with Gasteiger partial charge in [0.2, 0.25) is 10.0 Å². The van der Waals surface area contributed by atoms with E-state index in [1.807, 2.05) is 44.2 Å². The molecule has 0 amide bonds. The third-order valence-corrected chi connectivity index (χ3v) is 11.3. The molecule has 0 aliphatic rings. The molecule has 0 fully saturated rings. The number of ether oxygens (including phenoxy) is 1. The Balaban J connectivity index is 2.07. The van der Waals surface area contributed by atoms with Crippen molar-refractivity contribution >= 4 is 23.3 Å². The zero-order valence-electron chi connectivity index (χ0n) is 26.8. The van der Waals surface area contributed by atoms with E-state index in [1.54, 1.807) is 26.0 Å². The number of non-ortho nitro benzene ring substituents is 1. The lowest BCUT2D eigenvalue weighted by atomic mass is 10.0. The van der Waals surface area contributed by atoms with Crippen LogP contribution in [0.2, 0.25) is 0 Å². The summed E-state index contributed by atoms with van der Waals surface area (Å²) >= 11 is 0. The van der Waals surface area contributed by atoms with Crippen molar-refractivity contribution in [2.75, 3.05) is 33.4 Å². The number of sulfonamides is 1. The Labute approximate surface area is 271 Å². The molecule has 252 valence electrons. The van der Waals surface area contributed by atoms with Gasteiger partial charge >= 0.3 is 7.60 Å². The quantitative estimate of drug-likeness (QED) is 0.0906. The number of aliphatic hydroxyl groups excluding tert-OH is 1. The van der Waals surface area contributed by atoms with Crippen LogP contribution in [0.15, 0.2) is 83.8 Å². The largest absolute Gasteiger partial charge is 0.497 e. The number of methoxy groups -OCH3 is 1. The van der Waals surface area contributed by atoms with Gasteiger partial charge in [-0.25, -0.2) is 8.42 Å². The summed E-state index contributed by atoms with van der Waals surface area (Å²) in [7, 11) is -6.52. The summed E-state index contributed by atoms with van der Waals surface area (Å²) in [6.45, 7) is 7.06. The van der Waals surface area contributed by atoms with Crippen LogP contribution in [-0.4, -0.2) is 68.3 Å². The third kappa shape index (κ3) is 9.92. The molecule has 3 rings (SSSR count). The van der Waals surface area contributed by atoms with Crippen LogP contribution in [0.5, 0.6) is 5.75 Å². The monoisotopic (exact) mass is 677 g/mol. The first-order valence-electron chi connectivity index (χ1n) is 15.1. The lowest BCUT2D eigenvalue weighted by molar-refractivity contribution is -0.384. The highest BCUT2D eigenvalue weighted by atomic mass is 32.2. The van der Waals surface area contributed by atoms with Gasteiger partial charge in [0.05, 0.1) is 36.2 Å². The zero-order valence-corrected chi connectivity index (χ0v) is 28.5. The van der Waals surface area contributed by atoms with Crippen LogP contribution >= 0.6 is 7.60 Å². The fraction of sp³-hybridized carbons (Fsp3) is 0.438. The number of rotatable bonds is 19. The second kappa shape index (κ2) is 17.1. The van der Waals surface area contributed by atoms with E-state index in [0.29, 0.717) is 11.3 Å². The number of hydrogen-bond donors (Lipinski definition) is 2. The Hall–Kier alpha value is -3.16. The summed E-state index contributed by atoms with van der Waals surface area (Å²) in [5, 5.41) is 26.4. The van der Waals surface area contributed by atoms with E-state index >= 15 is 0 Å². The number of nitrogens with zero attached hydrogens (tertiary/aromatic N) is 2. The van der Waals surface area contributed by atoms with E-state index in [4.69, 9.17) is 13.8 Å². The molecule has 2 N–H and O–H groups in total. The van der Waals surface area contributed by atoms with Gasteiger partial charge in [0.25, 0.3) is 5.69 Å². The first-order valence-corrected chi connectivity index (χ1v) is 18.1. The highest BCUT2D eigenvalue weighted by Gasteiger charge is 2.40. The Kier molecular flexibility index (Phi) is 13.9. The Morgan fingerprint density at radius 3 is 2.02 bits per heavy atom. The third-order valence-electron chi connectivity index (χ3n) is 7.15. The molecule has 3 aromatic rings. The Bertz CT molecular complexity index is 1530. The summed E-state index contributed by atoms with van der Waals surface area (Å²) in [5.74, 6) is -0.704. The van der Waals surface area contributed by atoms with Gasteiger partial charge in [-0.05, 0) is 73.7 Å². The molecule has 0 heterocycles. The Morgan fingerprint density at radius 2 is 1.52 bits per heavy atom. The lowest BCUT2D eigenvalue weighted by Gasteiger charge is -2.35. The number of benzene rings is 3. The molecule has 0 aromatic heterocycles. The molecule has 12 nitrogen and oxygen atoms in total. The summed E-state index contributed by atoms with van der Waals surface area (Å²) < 4.78 is 59.8. The van der Waals surface area contributed by atoms with E-state index in [0.717, 1.165) is 5.56 Å². The van der Waals surface area contributed by atoms with Gasteiger partial charge in [0, 0.05) is 31.3 Å². The fourth-order valence-corrected chi connectivity index (χ4v) is 8.61. The molecule has 3 aromatic carbocycles. The SMILES string of the molecule is CCOP(=O)(OCC)C(N[C@@H](Cc1ccccc1)[C@@H](O)CN(CC(C)C)S(=O)(=O)c1ccc(OC)cc1)c1ccc([N+](=O)[O-])cc1. The molecule has 0 radical (unpaired) electrons. The van der Waals surface area contributed by atoms with Gasteiger partial charge in [-0.2, -0.15) is 4.31 Å². The first kappa shape index (κ1) is 37.3. The number of aliphatic hydroxyl groups is 1. The minimum atomic E-state index is -4.04. The maximum Gasteiger partial charge on any atom is 0.351 e. The summed E-state index contributed by atoms with van der Waals surface area (Å²) in [4.78, 5) is 10.9. The molecule has 0 saturated heterocycles. The van der Waals surface area contributed by atoms with Crippen LogP contribution in [0.4, 0.5) is 5.69 Å². The average Bonchev–Trinajstić information content (AvgIpc) is 3.03. The van der Waals surface area contributed by atoms with E-state index in [9.17, 15) is 28.2 Å². The number of nitro groups is 1. The van der Waals surface area contributed by atoms with Crippen molar-refractivity contribution in [2.45, 2.75) is 56.9 Å². The van der Waals surface area contributed by atoms with Crippen molar-refractivity contribution in [1.82, 2.24) is 9.62 Å². The van der Waals surface area contributed by atoms with Crippen molar-refractivity contribution in [3.8, 4) is 5.75 Å². The molecule has 0 saturated carbocycles. The first-order chi connectivity index (χ1) is 21.8. The highest BCUT2D eigenvalue weighted by Crippen LogP contribution is 2.60. The molecule has 0 spiro atoms. The van der Waals surface area contributed by atoms with E-state index in [2.05, 4.69) is 5.32 Å². The summed E-state index contributed by atoms with van der Waals surface area (Å²) in [6.07, 6.45) is -1.08. The molecular formula is C32H44N3O9PS. The fourth-order valence-electron chi connectivity index (χ4n) is 4.98. The zero-order chi connectivity index (χ0) is 33.9. The molecule has 46 heavy (non-hydrogen) atoms. The van der Waals surface area contributed by atoms with Gasteiger partial charge in [-0.15, -0.1) is 0 Å². The minimum absolute atomic E-state index is 0.0506. The van der Waals surface area contributed by atoms with Crippen LogP contribution < -0.4 is 10.1 Å². The predicted octanol–water partition coefficient (Wildman–Crippen LogP) is 5.78. The van der Waals surface area contributed by atoms with Gasteiger partial charge in [0.1, 0.15) is 11.5 Å². The lowest BCUT2D eigenvalue weighted by Crippen LogP contribution is -2.50. The standard InChI is InChI=1S/C32H44N3O9PS/c1-6-43-45(39,44-7-2)32(26-13-15-27(16-14-26)35(37)38)33-30(21-25-11-9-8-10-12-25)31(36)23-34(22-24(3)4)46(40,41)29-19-17-28(42-5)18-20-29/h8-20,24,30-33,36H,6-7,21-23H2,1-5H3/t30-,31-,32?/m0/s1. The summed E-state index contributed by atoms with van der Waals surface area (Å²) in [5.41, 5.74) is 1.06. The van der Waals surface area contributed by atoms with Crippen molar-refractivity contribution in [3.63, 3.8) is 0 Å². The van der Waals surface area contributed by atoms with Crippen molar-refractivity contribution in [3.05, 3.63) is 100 Å². The number of hydrogen-bond acceptors (Lipinski definition) is 10. The molecule has 3 atom stereocenters. The molecular weight excluding hydrogens is 633 g/mol. The smallest absolute Gasteiger partial charge is 0.351 e.